The molecule has 0 saturated carbocycles. The van der Waals surface area contributed by atoms with Crippen molar-refractivity contribution < 1.29 is 9.59 Å². The molecule has 0 spiro atoms. The predicted octanol–water partition coefficient (Wildman–Crippen LogP) is 4.18. The van der Waals surface area contributed by atoms with Crippen molar-refractivity contribution in [1.29, 1.82) is 0 Å². The first-order chi connectivity index (χ1) is 13.6. The molecule has 1 heterocycles. The Morgan fingerprint density at radius 2 is 1.75 bits per heavy atom. The minimum absolute atomic E-state index is 0.00582. The molecule has 0 fully saturated rings. The highest BCUT2D eigenvalue weighted by atomic mass is 16.2. The lowest BCUT2D eigenvalue weighted by Gasteiger charge is -2.21. The van der Waals surface area contributed by atoms with E-state index in [0.29, 0.717) is 6.54 Å². The number of hydrogen-bond donors (Lipinski definition) is 2. The zero-order valence-electron chi connectivity index (χ0n) is 16.9. The summed E-state index contributed by atoms with van der Waals surface area (Å²) in [5.41, 5.74) is 5.07. The topological polar surface area (TPSA) is 71.1 Å². The van der Waals surface area contributed by atoms with Crippen molar-refractivity contribution in [2.24, 2.45) is 0 Å². The van der Waals surface area contributed by atoms with E-state index in [9.17, 15) is 9.59 Å². The highest BCUT2D eigenvalue weighted by molar-refractivity contribution is 5.96. The Morgan fingerprint density at radius 3 is 2.57 bits per heavy atom. The van der Waals surface area contributed by atoms with Crippen molar-refractivity contribution in [2.75, 3.05) is 18.4 Å². The van der Waals surface area contributed by atoms with E-state index in [4.69, 9.17) is 4.98 Å². The van der Waals surface area contributed by atoms with Gasteiger partial charge < -0.3 is 10.6 Å². The number of fused-ring (bicyclic) bond motifs is 2. The highest BCUT2D eigenvalue weighted by Gasteiger charge is 2.17. The van der Waals surface area contributed by atoms with Crippen LogP contribution in [0.1, 0.15) is 63.1 Å². The highest BCUT2D eigenvalue weighted by Crippen LogP contribution is 2.33. The Balaban J connectivity index is 1.45. The smallest absolute Gasteiger partial charge is 0.227 e. The van der Waals surface area contributed by atoms with E-state index in [0.717, 1.165) is 50.6 Å². The number of aryl methyl sites for hydroxylation is 1. The van der Waals surface area contributed by atoms with E-state index in [1.807, 2.05) is 0 Å². The molecule has 0 unspecified atom stereocenters. The maximum absolute atomic E-state index is 11.4. The number of pyridine rings is 1. The first-order valence-electron chi connectivity index (χ1n) is 10.6. The fraction of sp³-hybridized carbons (Fsp3) is 0.522. The van der Waals surface area contributed by atoms with Crippen molar-refractivity contribution in [2.45, 2.75) is 64.7 Å². The summed E-state index contributed by atoms with van der Waals surface area (Å²) in [7, 11) is 0. The Labute approximate surface area is 167 Å². The molecule has 0 radical (unpaired) electrons. The van der Waals surface area contributed by atoms with Gasteiger partial charge in [0, 0.05) is 29.9 Å². The van der Waals surface area contributed by atoms with Gasteiger partial charge in [0.1, 0.15) is 5.78 Å². The molecule has 0 aliphatic heterocycles. The lowest BCUT2D eigenvalue weighted by molar-refractivity contribution is -0.127. The van der Waals surface area contributed by atoms with Crippen molar-refractivity contribution in [3.8, 4) is 0 Å². The van der Waals surface area contributed by atoms with Gasteiger partial charge in [-0.05, 0) is 57.1 Å². The number of hydrogen-bond acceptors (Lipinski definition) is 4. The van der Waals surface area contributed by atoms with Crippen LogP contribution in [0.3, 0.4) is 0 Å². The van der Waals surface area contributed by atoms with Crippen LogP contribution in [-0.4, -0.2) is 29.8 Å². The molecule has 1 aliphatic rings. The molecule has 0 atom stereocenters. The van der Waals surface area contributed by atoms with Crippen molar-refractivity contribution in [1.82, 2.24) is 10.3 Å². The fourth-order valence-electron chi connectivity index (χ4n) is 3.91. The first-order valence-corrected chi connectivity index (χ1v) is 10.6. The molecule has 0 bridgehead atoms. The first kappa shape index (κ1) is 20.3. The number of aromatic nitrogens is 1. The number of nitrogens with one attached hydrogen (secondary N) is 2. The molecule has 28 heavy (non-hydrogen) atoms. The number of anilines is 1. The summed E-state index contributed by atoms with van der Waals surface area (Å²) in [5.74, 6) is -0.252. The predicted molar refractivity (Wildman–Crippen MR) is 114 cm³/mol. The number of benzene rings is 1. The quantitative estimate of drug-likeness (QED) is 0.478. The third-order valence-electron chi connectivity index (χ3n) is 5.31. The van der Waals surface area contributed by atoms with E-state index < -0.39 is 0 Å². The average Bonchev–Trinajstić information content (AvgIpc) is 2.68. The standard InChI is InChI=1S/C23H31N3O2/c1-17(27)16-22(28)24-14-8-2-3-9-15-25-23-18-10-4-6-12-20(18)26-21-13-7-5-11-19(21)23/h4,6,10,12H,2-3,5,7-9,11,13-16H2,1H3,(H,24,28)(H,25,26). The minimum Gasteiger partial charge on any atom is -0.384 e. The number of amides is 1. The largest absolute Gasteiger partial charge is 0.384 e. The number of rotatable bonds is 10. The summed E-state index contributed by atoms with van der Waals surface area (Å²) in [6.07, 6.45) is 8.95. The van der Waals surface area contributed by atoms with E-state index in [-0.39, 0.29) is 18.1 Å². The van der Waals surface area contributed by atoms with Gasteiger partial charge in [-0.1, -0.05) is 31.0 Å². The molecular formula is C23H31N3O2. The summed E-state index contributed by atoms with van der Waals surface area (Å²) < 4.78 is 0. The van der Waals surface area contributed by atoms with E-state index >= 15 is 0 Å². The number of unbranched alkanes of at least 4 members (excludes halogenated alkanes) is 3. The maximum atomic E-state index is 11.4. The molecule has 2 aromatic rings. The third-order valence-corrected chi connectivity index (χ3v) is 5.31. The molecule has 5 heteroatoms. The Bertz CT molecular complexity index is 832. The van der Waals surface area contributed by atoms with Gasteiger partial charge in [0.15, 0.2) is 0 Å². The number of carbonyl (C=O) groups excluding carboxylic acids is 2. The summed E-state index contributed by atoms with van der Waals surface area (Å²) in [4.78, 5) is 27.2. The van der Waals surface area contributed by atoms with Crippen molar-refractivity contribution in [3.63, 3.8) is 0 Å². The SMILES string of the molecule is CC(=O)CC(=O)NCCCCCCNc1c2c(nc3ccccc13)CCCC2. The van der Waals surface area contributed by atoms with Gasteiger partial charge in [0.2, 0.25) is 5.91 Å². The molecule has 2 N–H and O–H groups in total. The zero-order chi connectivity index (χ0) is 19.8. The third kappa shape index (κ3) is 5.54. The monoisotopic (exact) mass is 381 g/mol. The van der Waals surface area contributed by atoms with Crippen LogP contribution < -0.4 is 10.6 Å². The van der Waals surface area contributed by atoms with Crippen LogP contribution in [0.2, 0.25) is 0 Å². The van der Waals surface area contributed by atoms with Crippen molar-refractivity contribution >= 4 is 28.3 Å². The molecule has 0 saturated heterocycles. The van der Waals surface area contributed by atoms with Crippen LogP contribution in [0.5, 0.6) is 0 Å². The van der Waals surface area contributed by atoms with Crippen LogP contribution in [0.15, 0.2) is 24.3 Å². The maximum Gasteiger partial charge on any atom is 0.227 e. The van der Waals surface area contributed by atoms with Gasteiger partial charge in [-0.2, -0.15) is 0 Å². The number of carbonyl (C=O) groups is 2. The molecule has 1 aromatic carbocycles. The zero-order valence-corrected chi connectivity index (χ0v) is 16.9. The van der Waals surface area contributed by atoms with Gasteiger partial charge in [0.05, 0.1) is 11.9 Å². The van der Waals surface area contributed by atoms with Gasteiger partial charge in [-0.3, -0.25) is 14.6 Å². The van der Waals surface area contributed by atoms with Crippen molar-refractivity contribution in [3.05, 3.63) is 35.5 Å². The van der Waals surface area contributed by atoms with E-state index in [1.165, 1.54) is 42.1 Å². The second kappa shape index (κ2) is 10.2. The number of para-hydroxylation sites is 1. The normalized spacial score (nSPS) is 13.2. The molecule has 5 nitrogen and oxygen atoms in total. The summed E-state index contributed by atoms with van der Waals surface area (Å²) >= 11 is 0. The van der Waals surface area contributed by atoms with Gasteiger partial charge in [0.25, 0.3) is 0 Å². The van der Waals surface area contributed by atoms with Crippen LogP contribution in [0.25, 0.3) is 10.9 Å². The lowest BCUT2D eigenvalue weighted by Crippen LogP contribution is -2.25. The number of ketones is 1. The van der Waals surface area contributed by atoms with Gasteiger partial charge in [-0.15, -0.1) is 0 Å². The second-order valence-electron chi connectivity index (χ2n) is 7.71. The second-order valence-corrected chi connectivity index (χ2v) is 7.71. The fourth-order valence-corrected chi connectivity index (χ4v) is 3.91. The van der Waals surface area contributed by atoms with Crippen LogP contribution in [0, 0.1) is 0 Å². The van der Waals surface area contributed by atoms with Crippen LogP contribution in [-0.2, 0) is 22.4 Å². The minimum atomic E-state index is -0.163. The molecule has 3 rings (SSSR count). The Morgan fingerprint density at radius 1 is 1.00 bits per heavy atom. The molecular weight excluding hydrogens is 350 g/mol. The average molecular weight is 382 g/mol. The lowest BCUT2D eigenvalue weighted by atomic mass is 9.92. The molecule has 1 aromatic heterocycles. The number of nitrogens with zero attached hydrogens (tertiary/aromatic N) is 1. The van der Waals surface area contributed by atoms with Gasteiger partial charge >= 0.3 is 0 Å². The van der Waals surface area contributed by atoms with E-state index in [1.54, 1.807) is 0 Å². The summed E-state index contributed by atoms with van der Waals surface area (Å²) in [6.45, 7) is 3.05. The van der Waals surface area contributed by atoms with E-state index in [2.05, 4.69) is 34.9 Å². The summed E-state index contributed by atoms with van der Waals surface area (Å²) in [5, 5.41) is 7.73. The summed E-state index contributed by atoms with van der Waals surface area (Å²) in [6, 6.07) is 8.42. The van der Waals surface area contributed by atoms with Crippen LogP contribution >= 0.6 is 0 Å². The van der Waals surface area contributed by atoms with Gasteiger partial charge in [-0.25, -0.2) is 0 Å². The Kier molecular flexibility index (Phi) is 7.40. The van der Waals surface area contributed by atoms with Crippen LogP contribution in [0.4, 0.5) is 5.69 Å². The molecule has 150 valence electrons. The molecule has 1 aliphatic carbocycles. The molecule has 1 amide bonds. The Hall–Kier alpha value is -2.43. The number of Topliss-reactive ketones (excluding diaryl/α,β-unsaturated/α-hetero) is 1.